The molecule has 1 aromatic carbocycles. The van der Waals surface area contributed by atoms with Crippen molar-refractivity contribution in [2.24, 2.45) is 0 Å². The first kappa shape index (κ1) is 17.7. The summed E-state index contributed by atoms with van der Waals surface area (Å²) < 4.78 is 6.30. The third-order valence-corrected chi connectivity index (χ3v) is 4.89. The summed E-state index contributed by atoms with van der Waals surface area (Å²) in [5, 5.41) is 3.50. The number of amides is 1. The fraction of sp³-hybridized carbons (Fsp3) is 0.368. The van der Waals surface area contributed by atoms with E-state index >= 15 is 0 Å². The molecule has 0 radical (unpaired) electrons. The van der Waals surface area contributed by atoms with Crippen LogP contribution in [0.2, 0.25) is 0 Å². The van der Waals surface area contributed by atoms with Crippen LogP contribution in [-0.2, 0) is 11.2 Å². The molecule has 1 amide bonds. The number of anilines is 1. The number of methoxy groups -OCH3 is 1. The zero-order valence-corrected chi connectivity index (χ0v) is 15.8. The third kappa shape index (κ3) is 4.72. The molecule has 1 aromatic heterocycles. The number of piperidine rings is 1. The van der Waals surface area contributed by atoms with Crippen molar-refractivity contribution in [2.45, 2.75) is 25.3 Å². The number of aromatic nitrogens is 1. The molecule has 1 N–H and O–H groups in total. The molecule has 3 rings (SSSR count). The van der Waals surface area contributed by atoms with Gasteiger partial charge in [0.15, 0.2) is 0 Å². The summed E-state index contributed by atoms with van der Waals surface area (Å²) in [7, 11) is 1.64. The van der Waals surface area contributed by atoms with Crippen molar-refractivity contribution in [3.05, 3.63) is 52.8 Å². The minimum absolute atomic E-state index is 0.159. The lowest BCUT2D eigenvalue weighted by Gasteiger charge is -2.33. The van der Waals surface area contributed by atoms with Gasteiger partial charge < -0.3 is 15.0 Å². The van der Waals surface area contributed by atoms with Crippen molar-refractivity contribution in [1.29, 1.82) is 0 Å². The van der Waals surface area contributed by atoms with Crippen molar-refractivity contribution < 1.29 is 9.53 Å². The van der Waals surface area contributed by atoms with E-state index in [1.54, 1.807) is 13.3 Å². The minimum Gasteiger partial charge on any atom is -0.496 e. The van der Waals surface area contributed by atoms with Gasteiger partial charge in [-0.05, 0) is 40.9 Å². The van der Waals surface area contributed by atoms with Crippen LogP contribution in [0.1, 0.15) is 18.4 Å². The van der Waals surface area contributed by atoms with Crippen LogP contribution in [0.3, 0.4) is 0 Å². The molecule has 0 atom stereocenters. The third-order valence-electron chi connectivity index (χ3n) is 4.46. The monoisotopic (exact) mass is 403 g/mol. The number of rotatable bonds is 5. The van der Waals surface area contributed by atoms with Gasteiger partial charge in [0, 0.05) is 35.4 Å². The van der Waals surface area contributed by atoms with Crippen LogP contribution < -0.4 is 10.1 Å². The van der Waals surface area contributed by atoms with Crippen molar-refractivity contribution in [2.75, 3.05) is 25.5 Å². The van der Waals surface area contributed by atoms with Crippen molar-refractivity contribution in [1.82, 2.24) is 9.88 Å². The molecule has 2 heterocycles. The van der Waals surface area contributed by atoms with E-state index < -0.39 is 0 Å². The number of hydrogen-bond donors (Lipinski definition) is 1. The maximum atomic E-state index is 12.6. The summed E-state index contributed by atoms with van der Waals surface area (Å²) >= 11 is 3.43. The molecule has 25 heavy (non-hydrogen) atoms. The predicted octanol–water partition coefficient (Wildman–Crippen LogP) is 3.50. The highest BCUT2D eigenvalue weighted by Gasteiger charge is 2.23. The molecule has 0 saturated carbocycles. The average Bonchev–Trinajstić information content (AvgIpc) is 2.63. The molecule has 0 unspecified atom stereocenters. The lowest BCUT2D eigenvalue weighted by atomic mass is 10.0. The largest absolute Gasteiger partial charge is 0.496 e. The SMILES string of the molecule is COc1ccccc1CC(=O)N1CCC(Nc2cncc(Br)c2)CC1. The summed E-state index contributed by atoms with van der Waals surface area (Å²) in [6.45, 7) is 1.54. The highest BCUT2D eigenvalue weighted by molar-refractivity contribution is 9.10. The van der Waals surface area contributed by atoms with E-state index in [2.05, 4.69) is 26.2 Å². The first-order chi connectivity index (χ1) is 12.2. The minimum atomic E-state index is 0.159. The van der Waals surface area contributed by atoms with E-state index in [0.717, 1.165) is 47.4 Å². The summed E-state index contributed by atoms with van der Waals surface area (Å²) in [5.74, 6) is 0.932. The highest BCUT2D eigenvalue weighted by Crippen LogP contribution is 2.21. The molecule has 5 nitrogen and oxygen atoms in total. The van der Waals surface area contributed by atoms with Crippen molar-refractivity contribution in [3.63, 3.8) is 0 Å². The van der Waals surface area contributed by atoms with E-state index in [4.69, 9.17) is 4.74 Å². The van der Waals surface area contributed by atoms with Crippen LogP contribution in [0.4, 0.5) is 5.69 Å². The number of nitrogens with one attached hydrogen (secondary N) is 1. The molecule has 2 aromatic rings. The van der Waals surface area contributed by atoms with Gasteiger partial charge in [0.2, 0.25) is 5.91 Å². The highest BCUT2D eigenvalue weighted by atomic mass is 79.9. The standard InChI is InChI=1S/C19H22BrN3O2/c1-25-18-5-3-2-4-14(18)10-19(24)23-8-6-16(7-9-23)22-17-11-15(20)12-21-13-17/h2-5,11-13,16,22H,6-10H2,1H3. The lowest BCUT2D eigenvalue weighted by molar-refractivity contribution is -0.131. The second kappa shape index (κ2) is 8.34. The number of carbonyl (C=O) groups excluding carboxylic acids is 1. The Kier molecular flexibility index (Phi) is 5.91. The van der Waals surface area contributed by atoms with Crippen molar-refractivity contribution in [3.8, 4) is 5.75 Å². The Hall–Kier alpha value is -2.08. The summed E-state index contributed by atoms with van der Waals surface area (Å²) in [6.07, 6.45) is 5.85. The van der Waals surface area contributed by atoms with E-state index in [-0.39, 0.29) is 5.91 Å². The predicted molar refractivity (Wildman–Crippen MR) is 102 cm³/mol. The first-order valence-corrected chi connectivity index (χ1v) is 9.22. The number of halogens is 1. The van der Waals surface area contributed by atoms with E-state index in [1.165, 1.54) is 0 Å². The van der Waals surface area contributed by atoms with E-state index in [1.807, 2.05) is 41.4 Å². The fourth-order valence-corrected chi connectivity index (χ4v) is 3.49. The second-order valence-electron chi connectivity index (χ2n) is 6.18. The molecule has 0 aliphatic carbocycles. The maximum absolute atomic E-state index is 12.6. The Labute approximate surface area is 156 Å². The molecule has 132 valence electrons. The molecule has 6 heteroatoms. The van der Waals surface area contributed by atoms with Crippen LogP contribution in [0.15, 0.2) is 47.2 Å². The number of nitrogens with zero attached hydrogens (tertiary/aromatic N) is 2. The number of carbonyl (C=O) groups is 1. The topological polar surface area (TPSA) is 54.5 Å². The molecule has 1 saturated heterocycles. The van der Waals surface area contributed by atoms with Crippen LogP contribution in [-0.4, -0.2) is 42.0 Å². The molecule has 0 bridgehead atoms. The number of likely N-dealkylation sites (tertiary alicyclic amines) is 1. The Bertz CT molecular complexity index is 730. The first-order valence-electron chi connectivity index (χ1n) is 8.42. The zero-order chi connectivity index (χ0) is 17.6. The van der Waals surface area contributed by atoms with Gasteiger partial charge in [-0.1, -0.05) is 18.2 Å². The van der Waals surface area contributed by atoms with Gasteiger partial charge in [-0.25, -0.2) is 0 Å². The molecule has 1 fully saturated rings. The second-order valence-corrected chi connectivity index (χ2v) is 7.10. The number of benzene rings is 1. The Morgan fingerprint density at radius 1 is 1.32 bits per heavy atom. The number of pyridine rings is 1. The lowest BCUT2D eigenvalue weighted by Crippen LogP contribution is -2.43. The van der Waals surface area contributed by atoms with Crippen LogP contribution in [0, 0.1) is 0 Å². The summed E-state index contributed by atoms with van der Waals surface area (Å²) in [4.78, 5) is 18.7. The Morgan fingerprint density at radius 3 is 2.80 bits per heavy atom. The van der Waals surface area contributed by atoms with Crippen LogP contribution in [0.25, 0.3) is 0 Å². The fourth-order valence-electron chi connectivity index (χ4n) is 3.12. The normalized spacial score (nSPS) is 15.0. The zero-order valence-electron chi connectivity index (χ0n) is 14.2. The van der Waals surface area contributed by atoms with Gasteiger partial charge >= 0.3 is 0 Å². The van der Waals surface area contributed by atoms with Crippen LogP contribution in [0.5, 0.6) is 5.75 Å². The summed E-state index contributed by atoms with van der Waals surface area (Å²) in [6, 6.07) is 10.1. The molecular weight excluding hydrogens is 382 g/mol. The van der Waals surface area contributed by atoms with Gasteiger partial charge in [-0.2, -0.15) is 0 Å². The Morgan fingerprint density at radius 2 is 2.08 bits per heavy atom. The smallest absolute Gasteiger partial charge is 0.227 e. The van der Waals surface area contributed by atoms with Gasteiger partial charge in [0.05, 0.1) is 25.4 Å². The molecular formula is C19H22BrN3O2. The van der Waals surface area contributed by atoms with Gasteiger partial charge in [0.25, 0.3) is 0 Å². The summed E-state index contributed by atoms with van der Waals surface area (Å²) in [5.41, 5.74) is 1.95. The molecule has 0 spiro atoms. The Balaban J connectivity index is 1.52. The van der Waals surface area contributed by atoms with Gasteiger partial charge in [0.1, 0.15) is 5.75 Å². The van der Waals surface area contributed by atoms with E-state index in [0.29, 0.717) is 12.5 Å². The van der Waals surface area contributed by atoms with Crippen LogP contribution >= 0.6 is 15.9 Å². The van der Waals surface area contributed by atoms with Crippen molar-refractivity contribution >= 4 is 27.5 Å². The quantitative estimate of drug-likeness (QED) is 0.829. The van der Waals surface area contributed by atoms with Gasteiger partial charge in [-0.3, -0.25) is 9.78 Å². The van der Waals surface area contributed by atoms with E-state index in [9.17, 15) is 4.79 Å². The number of ether oxygens (including phenoxy) is 1. The maximum Gasteiger partial charge on any atom is 0.227 e. The van der Waals surface area contributed by atoms with Gasteiger partial charge in [-0.15, -0.1) is 0 Å². The number of para-hydroxylation sites is 1. The molecule has 1 aliphatic heterocycles. The average molecular weight is 404 g/mol. The number of hydrogen-bond acceptors (Lipinski definition) is 4. The molecule has 1 aliphatic rings.